The quantitative estimate of drug-likeness (QED) is 0.604. The Bertz CT molecular complexity index is 389. The Morgan fingerprint density at radius 3 is 2.59 bits per heavy atom. The predicted molar refractivity (Wildman–Crippen MR) is 62.7 cm³/mol. The van der Waals surface area contributed by atoms with Crippen molar-refractivity contribution in [2.75, 3.05) is 18.5 Å². The van der Waals surface area contributed by atoms with Gasteiger partial charge in [-0.05, 0) is 30.7 Å². The number of carbonyl (C=O) groups excluding carboxylic acids is 1. The molecule has 17 heavy (non-hydrogen) atoms. The van der Waals surface area contributed by atoms with Crippen LogP contribution in [0, 0.1) is 10.1 Å². The van der Waals surface area contributed by atoms with Crippen molar-refractivity contribution in [1.29, 1.82) is 0 Å². The summed E-state index contributed by atoms with van der Waals surface area (Å²) in [6.45, 7) is 1.91. The highest BCUT2D eigenvalue weighted by atomic mass is 16.6. The fourth-order valence-corrected chi connectivity index (χ4v) is 1.17. The van der Waals surface area contributed by atoms with Gasteiger partial charge in [-0.1, -0.05) is 6.92 Å². The number of anilines is 1. The van der Waals surface area contributed by atoms with E-state index in [1.165, 1.54) is 0 Å². The number of hydrogen-bond acceptors (Lipinski definition) is 4. The topological polar surface area (TPSA) is 81.5 Å². The molecule has 0 bridgehead atoms. The van der Waals surface area contributed by atoms with Crippen LogP contribution in [0.2, 0.25) is 0 Å². The van der Waals surface area contributed by atoms with Gasteiger partial charge < -0.3 is 10.1 Å². The van der Waals surface area contributed by atoms with Crippen molar-refractivity contribution in [3.8, 4) is 5.75 Å². The summed E-state index contributed by atoms with van der Waals surface area (Å²) in [6.07, 6.45) is 0.918. The first-order chi connectivity index (χ1) is 8.11. The van der Waals surface area contributed by atoms with Crippen LogP contribution in [0.1, 0.15) is 13.3 Å². The molecule has 0 aliphatic carbocycles. The molecule has 0 atom stereocenters. The standard InChI is InChI=1S/C11H14N2O4/c1-2-7-17-10-5-3-9(4-6-10)12-11(14)8-13(15)16/h3-6H,2,7-8H2,1H3,(H,12,14). The van der Waals surface area contributed by atoms with Crippen LogP contribution in [0.3, 0.4) is 0 Å². The molecule has 0 heterocycles. The van der Waals surface area contributed by atoms with Gasteiger partial charge in [0.15, 0.2) is 0 Å². The van der Waals surface area contributed by atoms with Gasteiger partial charge in [0.1, 0.15) is 5.75 Å². The van der Waals surface area contributed by atoms with E-state index in [1.807, 2.05) is 6.92 Å². The van der Waals surface area contributed by atoms with Gasteiger partial charge in [0.25, 0.3) is 12.5 Å². The lowest BCUT2D eigenvalue weighted by Crippen LogP contribution is -2.21. The maximum atomic E-state index is 11.1. The number of rotatable bonds is 6. The monoisotopic (exact) mass is 238 g/mol. The highest BCUT2D eigenvalue weighted by molar-refractivity contribution is 5.91. The van der Waals surface area contributed by atoms with Gasteiger partial charge in [0.2, 0.25) is 0 Å². The first-order valence-corrected chi connectivity index (χ1v) is 5.26. The van der Waals surface area contributed by atoms with E-state index in [9.17, 15) is 14.9 Å². The molecule has 1 aromatic carbocycles. The van der Waals surface area contributed by atoms with Crippen LogP contribution in [0.4, 0.5) is 5.69 Å². The summed E-state index contributed by atoms with van der Waals surface area (Å²) in [5.41, 5.74) is 0.515. The van der Waals surface area contributed by atoms with Crippen LogP contribution < -0.4 is 10.1 Å². The maximum absolute atomic E-state index is 11.1. The number of nitrogens with one attached hydrogen (secondary N) is 1. The second-order valence-electron chi connectivity index (χ2n) is 3.41. The van der Waals surface area contributed by atoms with Crippen LogP contribution >= 0.6 is 0 Å². The second-order valence-corrected chi connectivity index (χ2v) is 3.41. The third-order valence-corrected chi connectivity index (χ3v) is 1.88. The van der Waals surface area contributed by atoms with E-state index in [1.54, 1.807) is 24.3 Å². The van der Waals surface area contributed by atoms with Crippen molar-refractivity contribution in [2.45, 2.75) is 13.3 Å². The largest absolute Gasteiger partial charge is 0.494 e. The van der Waals surface area contributed by atoms with E-state index in [0.717, 1.165) is 6.42 Å². The molecule has 0 spiro atoms. The summed E-state index contributed by atoms with van der Waals surface area (Å²) in [7, 11) is 0. The molecular weight excluding hydrogens is 224 g/mol. The van der Waals surface area contributed by atoms with Gasteiger partial charge in [-0.15, -0.1) is 0 Å². The van der Waals surface area contributed by atoms with Crippen LogP contribution in [-0.4, -0.2) is 24.0 Å². The third kappa shape index (κ3) is 4.96. The molecule has 0 saturated carbocycles. The van der Waals surface area contributed by atoms with Crippen LogP contribution in [0.15, 0.2) is 24.3 Å². The minimum Gasteiger partial charge on any atom is -0.494 e. The number of carbonyl (C=O) groups is 1. The molecule has 1 amide bonds. The summed E-state index contributed by atoms with van der Waals surface area (Å²) in [6, 6.07) is 6.69. The van der Waals surface area contributed by atoms with Gasteiger partial charge in [-0.3, -0.25) is 14.9 Å². The predicted octanol–water partition coefficient (Wildman–Crippen LogP) is 1.69. The van der Waals surface area contributed by atoms with E-state index >= 15 is 0 Å². The summed E-state index contributed by atoms with van der Waals surface area (Å²) >= 11 is 0. The number of nitro groups is 1. The number of hydrogen-bond donors (Lipinski definition) is 1. The Morgan fingerprint density at radius 2 is 2.06 bits per heavy atom. The Balaban J connectivity index is 2.50. The normalized spacial score (nSPS) is 9.71. The van der Waals surface area contributed by atoms with E-state index in [-0.39, 0.29) is 0 Å². The Morgan fingerprint density at radius 1 is 1.41 bits per heavy atom. The molecule has 1 N–H and O–H groups in total. The Kier molecular flexibility index (Phi) is 4.93. The minimum absolute atomic E-state index is 0.515. The molecule has 1 aromatic rings. The van der Waals surface area contributed by atoms with Gasteiger partial charge in [-0.2, -0.15) is 0 Å². The van der Waals surface area contributed by atoms with Gasteiger partial charge >= 0.3 is 0 Å². The summed E-state index contributed by atoms with van der Waals surface area (Å²) in [4.78, 5) is 20.5. The number of ether oxygens (including phenoxy) is 1. The van der Waals surface area contributed by atoms with Gasteiger partial charge in [-0.25, -0.2) is 0 Å². The average molecular weight is 238 g/mol. The van der Waals surface area contributed by atoms with E-state index < -0.39 is 17.4 Å². The van der Waals surface area contributed by atoms with Crippen molar-refractivity contribution >= 4 is 11.6 Å². The third-order valence-electron chi connectivity index (χ3n) is 1.88. The molecule has 0 radical (unpaired) electrons. The van der Waals surface area contributed by atoms with E-state index in [4.69, 9.17) is 4.74 Å². The number of nitrogens with zero attached hydrogens (tertiary/aromatic N) is 1. The Hall–Kier alpha value is -2.11. The fraction of sp³-hybridized carbons (Fsp3) is 0.364. The molecule has 0 aliphatic rings. The lowest BCUT2D eigenvalue weighted by Gasteiger charge is -2.06. The van der Waals surface area contributed by atoms with Crippen molar-refractivity contribution < 1.29 is 14.5 Å². The van der Waals surface area contributed by atoms with Crippen LogP contribution in [0.25, 0.3) is 0 Å². The van der Waals surface area contributed by atoms with Gasteiger partial charge in [0.05, 0.1) is 6.61 Å². The summed E-state index contributed by atoms with van der Waals surface area (Å²) < 4.78 is 5.36. The zero-order valence-corrected chi connectivity index (χ0v) is 9.51. The van der Waals surface area contributed by atoms with Gasteiger partial charge in [0, 0.05) is 10.6 Å². The number of benzene rings is 1. The molecule has 0 fully saturated rings. The molecule has 0 aromatic heterocycles. The fourth-order valence-electron chi connectivity index (χ4n) is 1.17. The second kappa shape index (κ2) is 6.47. The maximum Gasteiger partial charge on any atom is 0.296 e. The van der Waals surface area contributed by atoms with Crippen molar-refractivity contribution in [3.05, 3.63) is 34.4 Å². The molecule has 6 nitrogen and oxygen atoms in total. The number of amides is 1. The lowest BCUT2D eigenvalue weighted by atomic mass is 10.3. The molecule has 6 heteroatoms. The molecule has 1 rings (SSSR count). The molecule has 0 saturated heterocycles. The zero-order chi connectivity index (χ0) is 12.7. The van der Waals surface area contributed by atoms with E-state index in [2.05, 4.69) is 5.32 Å². The highest BCUT2D eigenvalue weighted by Crippen LogP contribution is 2.15. The molecule has 92 valence electrons. The zero-order valence-electron chi connectivity index (χ0n) is 9.51. The van der Waals surface area contributed by atoms with E-state index in [0.29, 0.717) is 18.0 Å². The molecular formula is C11H14N2O4. The highest BCUT2D eigenvalue weighted by Gasteiger charge is 2.09. The summed E-state index contributed by atoms with van der Waals surface area (Å²) in [5.74, 6) is 0.0661. The van der Waals surface area contributed by atoms with Crippen LogP contribution in [-0.2, 0) is 4.79 Å². The first kappa shape index (κ1) is 13.0. The van der Waals surface area contributed by atoms with Crippen molar-refractivity contribution in [3.63, 3.8) is 0 Å². The lowest BCUT2D eigenvalue weighted by molar-refractivity contribution is -0.467. The van der Waals surface area contributed by atoms with Crippen molar-refractivity contribution in [2.24, 2.45) is 0 Å². The molecule has 0 unspecified atom stereocenters. The minimum atomic E-state index is -0.728. The van der Waals surface area contributed by atoms with Crippen molar-refractivity contribution in [1.82, 2.24) is 0 Å². The summed E-state index contributed by atoms with van der Waals surface area (Å²) in [5, 5.41) is 12.5. The smallest absolute Gasteiger partial charge is 0.296 e. The SMILES string of the molecule is CCCOc1ccc(NC(=O)C[N+](=O)[O-])cc1. The molecule has 0 aliphatic heterocycles. The Labute approximate surface area is 98.7 Å². The van der Waals surface area contributed by atoms with Crippen LogP contribution in [0.5, 0.6) is 5.75 Å². The average Bonchev–Trinajstić information content (AvgIpc) is 2.27. The first-order valence-electron chi connectivity index (χ1n) is 5.26.